The van der Waals surface area contributed by atoms with Crippen molar-refractivity contribution in [1.82, 2.24) is 29.4 Å². The zero-order chi connectivity index (χ0) is 29.3. The van der Waals surface area contributed by atoms with E-state index in [-0.39, 0.29) is 17.6 Å². The average molecular weight is 607 g/mol. The van der Waals surface area contributed by atoms with Crippen LogP contribution in [0.15, 0.2) is 60.4 Å². The SMILES string of the molecule is CC1(c2nccc(OCc3ccc(Cl)cc3F)n2)CCN(Cc2nc3ccc(C(=O)O)cc3n2Cc2cncs2)CC1. The lowest BCUT2D eigenvalue weighted by Gasteiger charge is -2.38. The van der Waals surface area contributed by atoms with Gasteiger partial charge in [-0.1, -0.05) is 24.6 Å². The number of ether oxygens (including phenoxy) is 1. The first-order chi connectivity index (χ1) is 20.3. The molecular formula is C30H28ClFN6O3S. The molecule has 1 saturated heterocycles. The van der Waals surface area contributed by atoms with Crippen molar-refractivity contribution in [1.29, 1.82) is 0 Å². The van der Waals surface area contributed by atoms with Crippen LogP contribution in [0, 0.1) is 5.82 Å². The molecule has 0 amide bonds. The van der Waals surface area contributed by atoms with Crippen molar-refractivity contribution in [3.8, 4) is 5.88 Å². The number of carbonyl (C=O) groups is 1. The van der Waals surface area contributed by atoms with Crippen LogP contribution in [-0.2, 0) is 25.1 Å². The van der Waals surface area contributed by atoms with Gasteiger partial charge in [0, 0.05) is 39.3 Å². The maximum absolute atomic E-state index is 14.2. The minimum absolute atomic E-state index is 0.0421. The van der Waals surface area contributed by atoms with E-state index in [0.29, 0.717) is 35.4 Å². The predicted molar refractivity (Wildman–Crippen MR) is 158 cm³/mol. The molecule has 42 heavy (non-hydrogen) atoms. The Hall–Kier alpha value is -3.93. The maximum Gasteiger partial charge on any atom is 0.335 e. The first kappa shape index (κ1) is 28.2. The van der Waals surface area contributed by atoms with E-state index in [1.54, 1.807) is 59.4 Å². The van der Waals surface area contributed by atoms with E-state index < -0.39 is 11.8 Å². The molecule has 1 aliphatic heterocycles. The Labute approximate surface area is 250 Å². The Morgan fingerprint density at radius 3 is 2.71 bits per heavy atom. The predicted octanol–water partition coefficient (Wildman–Crippen LogP) is 5.95. The Bertz CT molecular complexity index is 1740. The molecule has 0 atom stereocenters. The number of aromatic nitrogens is 5. The van der Waals surface area contributed by atoms with Gasteiger partial charge < -0.3 is 14.4 Å². The van der Waals surface area contributed by atoms with Crippen molar-refractivity contribution >= 4 is 39.9 Å². The van der Waals surface area contributed by atoms with E-state index in [0.717, 1.165) is 47.7 Å². The van der Waals surface area contributed by atoms with E-state index in [2.05, 4.69) is 31.3 Å². The van der Waals surface area contributed by atoms with Gasteiger partial charge in [-0.3, -0.25) is 9.88 Å². The summed E-state index contributed by atoms with van der Waals surface area (Å²) in [7, 11) is 0. The van der Waals surface area contributed by atoms with Crippen molar-refractivity contribution in [3.63, 3.8) is 0 Å². The number of likely N-dealkylation sites (tertiary alicyclic amines) is 1. The minimum atomic E-state index is -0.965. The van der Waals surface area contributed by atoms with Crippen LogP contribution >= 0.6 is 22.9 Å². The zero-order valence-electron chi connectivity index (χ0n) is 22.8. The molecule has 0 aliphatic carbocycles. The van der Waals surface area contributed by atoms with Crippen LogP contribution in [0.3, 0.4) is 0 Å². The first-order valence-electron chi connectivity index (χ1n) is 13.5. The molecule has 0 unspecified atom stereocenters. The van der Waals surface area contributed by atoms with Crippen LogP contribution < -0.4 is 4.74 Å². The molecule has 1 fully saturated rings. The van der Waals surface area contributed by atoms with Crippen LogP contribution in [0.25, 0.3) is 11.0 Å². The number of hydrogen-bond donors (Lipinski definition) is 1. The molecule has 0 spiro atoms. The smallest absolute Gasteiger partial charge is 0.335 e. The van der Waals surface area contributed by atoms with Crippen LogP contribution in [0.4, 0.5) is 4.39 Å². The summed E-state index contributed by atoms with van der Waals surface area (Å²) in [5.74, 6) is 0.600. The van der Waals surface area contributed by atoms with Gasteiger partial charge in [0.25, 0.3) is 0 Å². The van der Waals surface area contributed by atoms with Gasteiger partial charge in [-0.2, -0.15) is 4.98 Å². The van der Waals surface area contributed by atoms with Crippen LogP contribution in [0.1, 0.15) is 52.2 Å². The summed E-state index contributed by atoms with van der Waals surface area (Å²) in [5.41, 5.74) is 3.74. The molecule has 216 valence electrons. The number of thiazole rings is 1. The van der Waals surface area contributed by atoms with Gasteiger partial charge in [-0.15, -0.1) is 11.3 Å². The van der Waals surface area contributed by atoms with E-state index in [1.807, 2.05) is 6.20 Å². The number of nitrogens with zero attached hydrogens (tertiary/aromatic N) is 6. The monoisotopic (exact) mass is 606 g/mol. The summed E-state index contributed by atoms with van der Waals surface area (Å²) < 4.78 is 22.1. The van der Waals surface area contributed by atoms with Gasteiger partial charge in [0.05, 0.1) is 35.2 Å². The molecule has 2 aromatic carbocycles. The van der Waals surface area contributed by atoms with Gasteiger partial charge in [0.1, 0.15) is 24.1 Å². The van der Waals surface area contributed by atoms with Crippen molar-refractivity contribution in [2.24, 2.45) is 0 Å². The Kier molecular flexibility index (Phi) is 7.89. The first-order valence-corrected chi connectivity index (χ1v) is 14.8. The maximum atomic E-state index is 14.2. The quantitative estimate of drug-likeness (QED) is 0.219. The summed E-state index contributed by atoms with van der Waals surface area (Å²) >= 11 is 7.41. The molecule has 0 radical (unpaired) electrons. The fourth-order valence-electron chi connectivity index (χ4n) is 5.21. The largest absolute Gasteiger partial charge is 0.478 e. The normalized spacial score (nSPS) is 15.2. The lowest BCUT2D eigenvalue weighted by Crippen LogP contribution is -2.41. The highest BCUT2D eigenvalue weighted by molar-refractivity contribution is 7.09. The summed E-state index contributed by atoms with van der Waals surface area (Å²) in [4.78, 5) is 33.4. The van der Waals surface area contributed by atoms with Crippen molar-refractivity contribution in [2.75, 3.05) is 13.1 Å². The van der Waals surface area contributed by atoms with Gasteiger partial charge in [0.2, 0.25) is 5.88 Å². The molecule has 1 aliphatic rings. The highest BCUT2D eigenvalue weighted by Gasteiger charge is 2.35. The molecule has 6 rings (SSSR count). The molecule has 12 heteroatoms. The fourth-order valence-corrected chi connectivity index (χ4v) is 5.95. The number of aromatic carboxylic acids is 1. The van der Waals surface area contributed by atoms with Gasteiger partial charge in [-0.05, 0) is 56.3 Å². The van der Waals surface area contributed by atoms with E-state index in [4.69, 9.17) is 21.3 Å². The van der Waals surface area contributed by atoms with Crippen molar-refractivity contribution in [3.05, 3.63) is 98.9 Å². The molecule has 3 aromatic heterocycles. The summed E-state index contributed by atoms with van der Waals surface area (Å²) in [5, 5.41) is 9.88. The average Bonchev–Trinajstić information content (AvgIpc) is 3.62. The van der Waals surface area contributed by atoms with Crippen LogP contribution in [0.2, 0.25) is 5.02 Å². The number of carboxylic acid groups (broad SMARTS) is 1. The van der Waals surface area contributed by atoms with Gasteiger partial charge >= 0.3 is 5.97 Å². The lowest BCUT2D eigenvalue weighted by atomic mass is 9.79. The number of imidazole rings is 1. The molecule has 0 bridgehead atoms. The standard InChI is InChI=1S/C30H28ClFN6O3S/c1-30(29-34-9-6-27(36-29)41-17-20-2-4-21(31)13-23(20)32)7-10-37(11-8-30)16-26-35-24-5-3-19(28(39)40)12-25(24)38(26)15-22-14-33-18-42-22/h2-6,9,12-14,18H,7-8,10-11,15-17H2,1H3,(H,39,40). The molecular weight excluding hydrogens is 579 g/mol. The van der Waals surface area contributed by atoms with E-state index in [1.165, 1.54) is 6.07 Å². The molecule has 0 saturated carbocycles. The third-order valence-corrected chi connectivity index (χ3v) is 8.76. The topological polar surface area (TPSA) is 106 Å². The highest BCUT2D eigenvalue weighted by Crippen LogP contribution is 2.34. The number of fused-ring (bicyclic) bond motifs is 1. The third kappa shape index (κ3) is 5.99. The number of halogens is 2. The number of carboxylic acids is 1. The lowest BCUT2D eigenvalue weighted by molar-refractivity contribution is 0.0697. The third-order valence-electron chi connectivity index (χ3n) is 7.76. The summed E-state index contributed by atoms with van der Waals surface area (Å²) in [6.07, 6.45) is 5.18. The minimum Gasteiger partial charge on any atom is -0.478 e. The van der Waals surface area contributed by atoms with Crippen LogP contribution in [-0.4, -0.2) is 53.6 Å². The highest BCUT2D eigenvalue weighted by atomic mass is 35.5. The van der Waals surface area contributed by atoms with Crippen LogP contribution in [0.5, 0.6) is 5.88 Å². The van der Waals surface area contributed by atoms with E-state index in [9.17, 15) is 14.3 Å². The number of benzene rings is 2. The van der Waals surface area contributed by atoms with Gasteiger partial charge in [0.15, 0.2) is 0 Å². The Morgan fingerprint density at radius 2 is 1.98 bits per heavy atom. The number of hydrogen-bond acceptors (Lipinski definition) is 8. The molecule has 1 N–H and O–H groups in total. The van der Waals surface area contributed by atoms with Crippen molar-refractivity contribution < 1.29 is 19.0 Å². The Balaban J connectivity index is 1.15. The summed E-state index contributed by atoms with van der Waals surface area (Å²) in [6.45, 7) is 5.03. The number of piperidine rings is 1. The molecule has 9 nitrogen and oxygen atoms in total. The second-order valence-corrected chi connectivity index (χ2v) is 12.1. The molecule has 5 aromatic rings. The van der Waals surface area contributed by atoms with Crippen molar-refractivity contribution in [2.45, 2.75) is 44.9 Å². The second kappa shape index (κ2) is 11.7. The molecule has 4 heterocycles. The summed E-state index contributed by atoms with van der Waals surface area (Å²) in [6, 6.07) is 11.2. The van der Waals surface area contributed by atoms with E-state index >= 15 is 0 Å². The number of rotatable bonds is 9. The zero-order valence-corrected chi connectivity index (χ0v) is 24.4. The second-order valence-electron chi connectivity index (χ2n) is 10.7. The fraction of sp³-hybridized carbons (Fsp3) is 0.300. The van der Waals surface area contributed by atoms with Gasteiger partial charge in [-0.25, -0.2) is 19.2 Å². The Morgan fingerprint density at radius 1 is 1.14 bits per heavy atom.